The van der Waals surface area contributed by atoms with E-state index in [4.69, 9.17) is 9.84 Å². The summed E-state index contributed by atoms with van der Waals surface area (Å²) in [5.41, 5.74) is -0.769. The van der Waals surface area contributed by atoms with Gasteiger partial charge in [0.25, 0.3) is 5.56 Å². The van der Waals surface area contributed by atoms with Gasteiger partial charge in [-0.2, -0.15) is 0 Å². The van der Waals surface area contributed by atoms with Gasteiger partial charge in [0.2, 0.25) is 0 Å². The monoisotopic (exact) mass is 243 g/mol. The van der Waals surface area contributed by atoms with Gasteiger partial charge in [-0.15, -0.1) is 0 Å². The minimum absolute atomic E-state index is 0.157. The number of pyridine rings is 1. The molecule has 1 unspecified atom stereocenters. The average molecular weight is 243 g/mol. The lowest BCUT2D eigenvalue weighted by molar-refractivity contribution is -0.0237. The van der Waals surface area contributed by atoms with Crippen LogP contribution >= 0.6 is 0 Å². The highest BCUT2D eigenvalue weighted by atomic mass is 16.6. The number of aliphatic hydroxyl groups excluding tert-OH is 3. The second-order valence-corrected chi connectivity index (χ2v) is 3.86. The maximum absolute atomic E-state index is 11.5. The topological polar surface area (TPSA) is 123 Å². The molecule has 0 spiro atoms. The third kappa shape index (κ3) is 1.93. The molecule has 1 aromatic heterocycles. The number of hydrogen-bond donors (Lipinski definition) is 5. The molecule has 1 aliphatic heterocycles. The smallest absolute Gasteiger partial charge is 0.257 e. The van der Waals surface area contributed by atoms with E-state index in [2.05, 4.69) is 4.98 Å². The summed E-state index contributed by atoms with van der Waals surface area (Å²) >= 11 is 0. The Labute approximate surface area is 95.9 Å². The summed E-state index contributed by atoms with van der Waals surface area (Å²) in [7, 11) is 0. The predicted molar refractivity (Wildman–Crippen MR) is 55.4 cm³/mol. The molecule has 4 atom stereocenters. The predicted octanol–water partition coefficient (Wildman–Crippen LogP) is -1.77. The molecule has 0 aromatic carbocycles. The number of aromatic hydroxyl groups is 1. The van der Waals surface area contributed by atoms with Crippen molar-refractivity contribution in [1.29, 1.82) is 0 Å². The molecule has 7 heteroatoms. The number of nitrogens with one attached hydrogen (secondary N) is 1. The van der Waals surface area contributed by atoms with Crippen molar-refractivity contribution in [2.45, 2.75) is 24.4 Å². The van der Waals surface area contributed by atoms with Gasteiger partial charge in [-0.3, -0.25) is 4.79 Å². The molecule has 0 amide bonds. The lowest BCUT2D eigenvalue weighted by Crippen LogP contribution is -2.33. The van der Waals surface area contributed by atoms with Crippen molar-refractivity contribution in [3.05, 3.63) is 28.2 Å². The Hall–Kier alpha value is -1.41. The summed E-state index contributed by atoms with van der Waals surface area (Å²) < 4.78 is 5.15. The number of aliphatic hydroxyl groups is 3. The minimum atomic E-state index is -1.37. The van der Waals surface area contributed by atoms with E-state index in [9.17, 15) is 20.1 Å². The van der Waals surface area contributed by atoms with E-state index >= 15 is 0 Å². The van der Waals surface area contributed by atoms with Crippen LogP contribution in [0.2, 0.25) is 0 Å². The Morgan fingerprint density at radius 2 is 2.06 bits per heavy atom. The first-order chi connectivity index (χ1) is 8.06. The summed E-state index contributed by atoms with van der Waals surface area (Å²) in [6, 6.07) is 1.24. The van der Waals surface area contributed by atoms with Gasteiger partial charge in [0.15, 0.2) is 0 Å². The van der Waals surface area contributed by atoms with Crippen molar-refractivity contribution >= 4 is 0 Å². The zero-order valence-corrected chi connectivity index (χ0v) is 8.78. The van der Waals surface area contributed by atoms with Gasteiger partial charge in [0.05, 0.1) is 12.2 Å². The lowest BCUT2D eigenvalue weighted by Gasteiger charge is -2.14. The summed E-state index contributed by atoms with van der Waals surface area (Å²) in [5, 5.41) is 37.7. The number of hydrogen-bond acceptors (Lipinski definition) is 6. The van der Waals surface area contributed by atoms with E-state index in [0.29, 0.717) is 0 Å². The van der Waals surface area contributed by atoms with Gasteiger partial charge in [-0.25, -0.2) is 0 Å². The van der Waals surface area contributed by atoms with Crippen molar-refractivity contribution in [2.75, 3.05) is 6.61 Å². The molecule has 0 aliphatic carbocycles. The molecule has 7 nitrogen and oxygen atoms in total. The summed E-state index contributed by atoms with van der Waals surface area (Å²) in [5.74, 6) is -0.330. The summed E-state index contributed by atoms with van der Waals surface area (Å²) in [6.45, 7) is -0.486. The highest BCUT2D eigenvalue weighted by Crippen LogP contribution is 2.35. The molecule has 0 radical (unpaired) electrons. The molecule has 17 heavy (non-hydrogen) atoms. The number of aromatic amines is 1. The van der Waals surface area contributed by atoms with Crippen molar-refractivity contribution in [1.82, 2.24) is 4.98 Å². The van der Waals surface area contributed by atoms with Crippen LogP contribution < -0.4 is 5.56 Å². The van der Waals surface area contributed by atoms with Crippen LogP contribution in [0.3, 0.4) is 0 Å². The van der Waals surface area contributed by atoms with Crippen LogP contribution in [-0.4, -0.2) is 50.3 Å². The van der Waals surface area contributed by atoms with E-state index in [1.165, 1.54) is 12.3 Å². The van der Waals surface area contributed by atoms with Gasteiger partial charge in [-0.05, 0) is 6.07 Å². The Morgan fingerprint density at radius 1 is 1.35 bits per heavy atom. The maximum Gasteiger partial charge on any atom is 0.257 e. The van der Waals surface area contributed by atoms with E-state index in [1.807, 2.05) is 0 Å². The molecule has 1 saturated heterocycles. The van der Waals surface area contributed by atoms with Crippen molar-refractivity contribution in [3.8, 4) is 5.75 Å². The van der Waals surface area contributed by atoms with Crippen LogP contribution in [0.15, 0.2) is 17.1 Å². The molecular weight excluding hydrogens is 230 g/mol. The number of rotatable bonds is 2. The number of H-pyrrole nitrogens is 1. The van der Waals surface area contributed by atoms with Crippen LogP contribution in [0.25, 0.3) is 0 Å². The second-order valence-electron chi connectivity index (χ2n) is 3.86. The van der Waals surface area contributed by atoms with Crippen molar-refractivity contribution in [2.24, 2.45) is 0 Å². The van der Waals surface area contributed by atoms with Gasteiger partial charge in [0, 0.05) is 6.20 Å². The third-order valence-corrected chi connectivity index (χ3v) is 2.80. The standard InChI is InChI=1S/C10H13NO6/c12-3-5-7(14)8(15)9(17-5)6-4(13)1-2-11-10(6)16/h1-2,5,7-9,12,14-15H,3H2,(H2,11,13,16)/t5-,7-,8-,9?/m1/s1. The molecule has 1 aromatic rings. The van der Waals surface area contributed by atoms with Crippen molar-refractivity contribution < 1.29 is 25.2 Å². The molecule has 94 valence electrons. The first-order valence-corrected chi connectivity index (χ1v) is 5.09. The molecule has 1 aliphatic rings. The largest absolute Gasteiger partial charge is 0.507 e. The third-order valence-electron chi connectivity index (χ3n) is 2.80. The Bertz CT molecular complexity index is 458. The SMILES string of the molecule is O=c1[nH]ccc(O)c1C1O[C@H](CO)[C@@H](O)[C@H]1O. The Kier molecular flexibility index (Phi) is 3.16. The minimum Gasteiger partial charge on any atom is -0.507 e. The van der Waals surface area contributed by atoms with E-state index in [-0.39, 0.29) is 11.3 Å². The lowest BCUT2D eigenvalue weighted by atomic mass is 10.0. The van der Waals surface area contributed by atoms with Crippen LogP contribution in [0, 0.1) is 0 Å². The van der Waals surface area contributed by atoms with Crippen LogP contribution in [0.5, 0.6) is 5.75 Å². The molecule has 1 fully saturated rings. The van der Waals surface area contributed by atoms with E-state index in [1.54, 1.807) is 0 Å². The van der Waals surface area contributed by atoms with Crippen LogP contribution in [0.1, 0.15) is 11.7 Å². The quantitative estimate of drug-likeness (QED) is 0.419. The summed E-state index contributed by atoms with van der Waals surface area (Å²) in [6.07, 6.45) is -3.56. The van der Waals surface area contributed by atoms with E-state index < -0.39 is 36.6 Å². The first-order valence-electron chi connectivity index (χ1n) is 5.09. The van der Waals surface area contributed by atoms with Crippen LogP contribution in [-0.2, 0) is 4.74 Å². The number of aromatic nitrogens is 1. The zero-order chi connectivity index (χ0) is 12.6. The fourth-order valence-electron chi connectivity index (χ4n) is 1.89. The molecule has 2 rings (SSSR count). The van der Waals surface area contributed by atoms with E-state index in [0.717, 1.165) is 0 Å². The molecule has 0 bridgehead atoms. The fraction of sp³-hybridized carbons (Fsp3) is 0.500. The van der Waals surface area contributed by atoms with Gasteiger partial charge in [0.1, 0.15) is 30.2 Å². The van der Waals surface area contributed by atoms with Gasteiger partial charge < -0.3 is 30.1 Å². The van der Waals surface area contributed by atoms with Crippen molar-refractivity contribution in [3.63, 3.8) is 0 Å². The first kappa shape index (κ1) is 12.1. The summed E-state index contributed by atoms with van der Waals surface area (Å²) in [4.78, 5) is 13.9. The fourth-order valence-corrected chi connectivity index (χ4v) is 1.89. The highest BCUT2D eigenvalue weighted by molar-refractivity contribution is 5.32. The molecule has 0 saturated carbocycles. The number of ether oxygens (including phenoxy) is 1. The Morgan fingerprint density at radius 3 is 2.59 bits per heavy atom. The highest BCUT2D eigenvalue weighted by Gasteiger charge is 2.44. The Balaban J connectivity index is 2.39. The van der Waals surface area contributed by atoms with Gasteiger partial charge in [-0.1, -0.05) is 0 Å². The van der Waals surface area contributed by atoms with Crippen LogP contribution in [0.4, 0.5) is 0 Å². The molecule has 2 heterocycles. The molecular formula is C10H13NO6. The van der Waals surface area contributed by atoms with Gasteiger partial charge >= 0.3 is 0 Å². The second kappa shape index (κ2) is 4.46. The maximum atomic E-state index is 11.5. The normalized spacial score (nSPS) is 32.9. The molecule has 5 N–H and O–H groups in total. The zero-order valence-electron chi connectivity index (χ0n) is 8.78. The average Bonchev–Trinajstić information content (AvgIpc) is 2.57.